The van der Waals surface area contributed by atoms with E-state index in [0.29, 0.717) is 11.4 Å². The van der Waals surface area contributed by atoms with E-state index in [9.17, 15) is 52.9 Å². The van der Waals surface area contributed by atoms with Gasteiger partial charge in [0.15, 0.2) is 5.11 Å². The summed E-state index contributed by atoms with van der Waals surface area (Å²) in [5.74, 6) is -1.87. The number of hydrogen-bond acceptors (Lipinski definition) is 13. The minimum atomic E-state index is -4.83. The van der Waals surface area contributed by atoms with Gasteiger partial charge in [0.25, 0.3) is 5.91 Å². The smallest absolute Gasteiger partial charge is 0.417 e. The Morgan fingerprint density at radius 2 is 1.52 bits per heavy atom. The number of carbonyl (C=O) groups is 4. The highest BCUT2D eigenvalue weighted by Crippen LogP contribution is 2.40. The zero-order valence-corrected chi connectivity index (χ0v) is 43.8. The second-order valence-corrected chi connectivity index (χ2v) is 21.3. The summed E-state index contributed by atoms with van der Waals surface area (Å²) in [5.41, 5.74) is 2.64. The number of aromatic nitrogens is 1. The average molecular weight is 1070 g/mol. The number of aliphatic hydroxyl groups excluding tert-OH is 3. The summed E-state index contributed by atoms with van der Waals surface area (Å²) in [4.78, 5) is 63.8. The van der Waals surface area contributed by atoms with E-state index in [-0.39, 0.29) is 30.4 Å². The second kappa shape index (κ2) is 22.6. The maximum Gasteiger partial charge on any atom is 0.417 e. The van der Waals surface area contributed by atoms with Gasteiger partial charge in [0, 0.05) is 18.7 Å². The molecule has 21 heteroatoms. The van der Waals surface area contributed by atoms with Crippen LogP contribution in [0.5, 0.6) is 5.75 Å². The summed E-state index contributed by atoms with van der Waals surface area (Å²) in [6.45, 7) is 10.8. The van der Waals surface area contributed by atoms with Crippen molar-refractivity contribution >= 4 is 63.7 Å². The first-order valence-electron chi connectivity index (χ1n) is 24.0. The number of nitrogens with zero attached hydrogens (tertiary/aromatic N) is 5. The summed E-state index contributed by atoms with van der Waals surface area (Å²) in [5, 5.41) is 46.8. The van der Waals surface area contributed by atoms with Crippen LogP contribution >= 0.6 is 23.6 Å². The van der Waals surface area contributed by atoms with Gasteiger partial charge in [-0.3, -0.25) is 24.1 Å². The van der Waals surface area contributed by atoms with E-state index >= 15 is 0 Å². The molecule has 1 aromatic heterocycles. The highest BCUT2D eigenvalue weighted by atomic mass is 32.1. The molecule has 3 heterocycles. The van der Waals surface area contributed by atoms with Crippen LogP contribution in [-0.4, -0.2) is 116 Å². The highest BCUT2D eigenvalue weighted by Gasteiger charge is 2.51. The van der Waals surface area contributed by atoms with Gasteiger partial charge in [-0.15, -0.1) is 11.3 Å². The van der Waals surface area contributed by atoms with Gasteiger partial charge in [0.05, 0.1) is 57.7 Å². The third kappa shape index (κ3) is 12.5. The van der Waals surface area contributed by atoms with Gasteiger partial charge in [-0.2, -0.15) is 18.4 Å². The SMILES string of the molecule is Cc1ncsc1-c1ccc([C@H](C)NC(=O)[C@@H]2C[C@@H](O)CN2C(=O)[C@@H](NC(=O)COC[C@@H](O)[C@H](O)COc2ccc(-c3ccc(N4C(=S)N(c5ccc(C#N)c(C(F)(F)F)c5)C(=O)C4(C)C)cc3)cc2)C(C)(C)C)cc1. The highest BCUT2D eigenvalue weighted by molar-refractivity contribution is 7.81. The Hall–Kier alpha value is -6.80. The second-order valence-electron chi connectivity index (χ2n) is 20.1. The molecule has 2 aliphatic heterocycles. The number of likely N-dealkylation sites (tertiary alicyclic amines) is 1. The Morgan fingerprint density at radius 3 is 2.11 bits per heavy atom. The van der Waals surface area contributed by atoms with E-state index in [0.717, 1.165) is 49.9 Å². The molecule has 2 aliphatic rings. The van der Waals surface area contributed by atoms with Gasteiger partial charge in [-0.25, -0.2) is 4.98 Å². The minimum absolute atomic E-state index is 0.0160. The lowest BCUT2D eigenvalue weighted by atomic mass is 9.85. The van der Waals surface area contributed by atoms with Crippen LogP contribution in [0.25, 0.3) is 21.6 Å². The molecule has 396 valence electrons. The number of nitriles is 1. The van der Waals surface area contributed by atoms with Crippen LogP contribution < -0.4 is 25.2 Å². The summed E-state index contributed by atoms with van der Waals surface area (Å²) in [6, 6.07) is 23.6. The molecule has 2 fully saturated rings. The van der Waals surface area contributed by atoms with E-state index < -0.39 is 102 Å². The predicted molar refractivity (Wildman–Crippen MR) is 279 cm³/mol. The number of aryl methyl sites for hydroxylation is 1. The first-order chi connectivity index (χ1) is 35.3. The fourth-order valence-electron chi connectivity index (χ4n) is 8.90. The molecule has 5 N–H and O–H groups in total. The van der Waals surface area contributed by atoms with Gasteiger partial charge >= 0.3 is 6.18 Å². The number of nitrogens with one attached hydrogen (secondary N) is 2. The molecule has 0 saturated carbocycles. The zero-order chi connectivity index (χ0) is 54.7. The number of thiocarbonyl (C=S) groups is 1. The fraction of sp³-hybridized carbons (Fsp3) is 0.389. The number of amides is 4. The molecule has 2 saturated heterocycles. The van der Waals surface area contributed by atoms with Crippen molar-refractivity contribution in [3.63, 3.8) is 0 Å². The summed E-state index contributed by atoms with van der Waals surface area (Å²) < 4.78 is 52.5. The molecule has 0 spiro atoms. The molecule has 4 amide bonds. The number of carbonyl (C=O) groups excluding carboxylic acids is 4. The number of rotatable bonds is 17. The van der Waals surface area contributed by atoms with Crippen molar-refractivity contribution in [3.05, 3.63) is 119 Å². The van der Waals surface area contributed by atoms with Crippen LogP contribution in [-0.2, 0) is 30.1 Å². The van der Waals surface area contributed by atoms with E-state index in [1.165, 1.54) is 17.0 Å². The van der Waals surface area contributed by atoms with E-state index in [1.54, 1.807) is 105 Å². The molecule has 6 atom stereocenters. The standard InChI is InChI=1S/C54H58F3N7O9S2/c1-30(32-8-10-35(11-9-32)46-31(2)59-29-75-46)60-48(69)42-23-39(65)25-62(42)49(70)47(52(3,4)5)61-45(68)28-72-26-43(66)44(67)27-73-40-20-15-34(16-21-40)33-12-17-37(18-13-33)64-51(74)63(50(71)53(64,6)7)38-19-14-36(24-58)41(22-38)54(55,56)57/h8-22,29-30,39,42-44,47,65-67H,23,25-28H2,1-7H3,(H,60,69)(H,61,68)/t30-,39+,42-,43+,44+,47+/m0/s1. The van der Waals surface area contributed by atoms with Crippen LogP contribution in [0.3, 0.4) is 0 Å². The topological polar surface area (TPSA) is 218 Å². The number of alkyl halides is 3. The van der Waals surface area contributed by atoms with Crippen LogP contribution in [0.2, 0.25) is 0 Å². The number of hydrogen-bond donors (Lipinski definition) is 5. The monoisotopic (exact) mass is 1070 g/mol. The van der Waals surface area contributed by atoms with Crippen molar-refractivity contribution in [2.24, 2.45) is 5.41 Å². The summed E-state index contributed by atoms with van der Waals surface area (Å²) in [6.07, 6.45) is -8.65. The van der Waals surface area contributed by atoms with Crippen molar-refractivity contribution in [1.29, 1.82) is 5.26 Å². The molecular formula is C54H58F3N7O9S2. The molecule has 0 radical (unpaired) electrons. The Balaban J connectivity index is 0.877. The molecular weight excluding hydrogens is 1010 g/mol. The van der Waals surface area contributed by atoms with E-state index in [1.807, 2.05) is 38.1 Å². The number of β-amino-alcohol motifs (C(OH)–C–C–N with tert-alkyl or cyclic N) is 1. The lowest BCUT2D eigenvalue weighted by molar-refractivity contribution is -0.145. The number of aliphatic hydroxyl groups is 3. The first-order valence-corrected chi connectivity index (χ1v) is 25.2. The molecule has 7 rings (SSSR count). The zero-order valence-electron chi connectivity index (χ0n) is 42.2. The van der Waals surface area contributed by atoms with Crippen molar-refractivity contribution in [2.75, 3.05) is 36.2 Å². The molecule has 0 bridgehead atoms. The van der Waals surface area contributed by atoms with Crippen molar-refractivity contribution in [2.45, 2.75) is 103 Å². The Labute approximate surface area is 441 Å². The number of benzene rings is 4. The first kappa shape index (κ1) is 55.9. The number of anilines is 2. The van der Waals surface area contributed by atoms with Crippen LogP contribution in [0.15, 0.2) is 96.5 Å². The van der Waals surface area contributed by atoms with Gasteiger partial charge in [-0.05, 0) is 110 Å². The third-order valence-electron chi connectivity index (χ3n) is 13.1. The minimum Gasteiger partial charge on any atom is -0.491 e. The lowest BCUT2D eigenvalue weighted by Gasteiger charge is -2.35. The van der Waals surface area contributed by atoms with Crippen LogP contribution in [0.1, 0.15) is 76.4 Å². The Morgan fingerprint density at radius 1 is 0.920 bits per heavy atom. The van der Waals surface area contributed by atoms with E-state index in [2.05, 4.69) is 15.6 Å². The Kier molecular flexibility index (Phi) is 16.8. The third-order valence-corrected chi connectivity index (χ3v) is 14.5. The number of halogens is 3. The van der Waals surface area contributed by atoms with Crippen molar-refractivity contribution < 1.29 is 57.1 Å². The normalized spacial score (nSPS) is 18.3. The van der Waals surface area contributed by atoms with Crippen molar-refractivity contribution in [3.8, 4) is 33.4 Å². The maximum absolute atomic E-state index is 14.1. The van der Waals surface area contributed by atoms with Crippen LogP contribution in [0.4, 0.5) is 24.5 Å². The largest absolute Gasteiger partial charge is 0.491 e. The maximum atomic E-state index is 14.1. The quantitative estimate of drug-likeness (QED) is 0.0589. The molecule has 5 aromatic rings. The van der Waals surface area contributed by atoms with Crippen LogP contribution in [0, 0.1) is 23.7 Å². The van der Waals surface area contributed by atoms with Crippen molar-refractivity contribution in [1.82, 2.24) is 20.5 Å². The summed E-state index contributed by atoms with van der Waals surface area (Å²) in [7, 11) is 0. The average Bonchev–Trinajstić information content (AvgIpc) is 4.03. The number of ether oxygens (including phenoxy) is 2. The molecule has 0 aliphatic carbocycles. The molecule has 0 unspecified atom stereocenters. The van der Waals surface area contributed by atoms with Gasteiger partial charge in [-0.1, -0.05) is 69.3 Å². The lowest BCUT2D eigenvalue weighted by Crippen LogP contribution is -2.58. The Bertz CT molecular complexity index is 2960. The molecule has 4 aromatic carbocycles. The van der Waals surface area contributed by atoms with Gasteiger partial charge < -0.3 is 45.2 Å². The molecule has 16 nitrogen and oxygen atoms in total. The fourth-order valence-corrected chi connectivity index (χ4v) is 10.2. The van der Waals surface area contributed by atoms with E-state index in [4.69, 9.17) is 21.7 Å². The molecule has 75 heavy (non-hydrogen) atoms. The summed E-state index contributed by atoms with van der Waals surface area (Å²) >= 11 is 7.20. The predicted octanol–water partition coefficient (Wildman–Crippen LogP) is 7.08. The van der Waals surface area contributed by atoms with Gasteiger partial charge in [0.2, 0.25) is 17.7 Å². The van der Waals surface area contributed by atoms with Gasteiger partial charge in [0.1, 0.15) is 48.8 Å². The number of thiazole rings is 1.